The molecule has 106 valence electrons. The van der Waals surface area contributed by atoms with Crippen LogP contribution in [-0.2, 0) is 0 Å². The first-order valence-electron chi connectivity index (χ1n) is 6.29. The number of non-ortho nitro benzene ring substituents is 1. The molecule has 0 unspecified atom stereocenters. The van der Waals surface area contributed by atoms with E-state index in [1.54, 1.807) is 6.92 Å². The van der Waals surface area contributed by atoms with Crippen molar-refractivity contribution in [3.8, 4) is 6.01 Å². The molecule has 0 atom stereocenters. The van der Waals surface area contributed by atoms with Crippen LogP contribution in [0, 0.1) is 10.1 Å². The van der Waals surface area contributed by atoms with Crippen LogP contribution in [0.3, 0.4) is 0 Å². The molecule has 0 N–H and O–H groups in total. The molecule has 0 saturated carbocycles. The van der Waals surface area contributed by atoms with Crippen molar-refractivity contribution < 1.29 is 9.66 Å². The molecule has 1 aromatic heterocycles. The number of nitro benzene ring substituents is 1. The van der Waals surface area contributed by atoms with E-state index in [4.69, 9.17) is 4.74 Å². The minimum atomic E-state index is -0.518. The van der Waals surface area contributed by atoms with E-state index < -0.39 is 4.92 Å². The molecule has 1 heterocycles. The summed E-state index contributed by atoms with van der Waals surface area (Å²) >= 11 is 0. The van der Waals surface area contributed by atoms with E-state index in [1.807, 2.05) is 13.8 Å². The number of nitro groups is 1. The summed E-state index contributed by atoms with van der Waals surface area (Å²) in [4.78, 5) is 26.9. The van der Waals surface area contributed by atoms with Gasteiger partial charge in [-0.05, 0) is 26.8 Å². The molecule has 0 saturated heterocycles. The molecule has 0 aliphatic heterocycles. The zero-order chi connectivity index (χ0) is 14.9. The number of benzene rings is 1. The fourth-order valence-electron chi connectivity index (χ4n) is 1.97. The lowest BCUT2D eigenvalue weighted by atomic mass is 10.2. The van der Waals surface area contributed by atoms with Gasteiger partial charge < -0.3 is 4.74 Å². The summed E-state index contributed by atoms with van der Waals surface area (Å²) in [6, 6.07) is 4.08. The van der Waals surface area contributed by atoms with Crippen molar-refractivity contribution in [2.75, 3.05) is 6.61 Å². The first-order chi connectivity index (χ1) is 9.45. The molecule has 0 spiro atoms. The standard InChI is InChI=1S/C13H15N3O4/c1-4-20-13-14-11-7-9(16(18)19)5-6-10(11)12(17)15(13)8(2)3/h5-8H,4H2,1-3H3. The molecular weight excluding hydrogens is 262 g/mol. The molecule has 0 amide bonds. The predicted molar refractivity (Wildman–Crippen MR) is 74.2 cm³/mol. The van der Waals surface area contributed by atoms with Crippen LogP contribution in [0.2, 0.25) is 0 Å². The Balaban J connectivity index is 2.79. The van der Waals surface area contributed by atoms with Crippen molar-refractivity contribution in [3.63, 3.8) is 0 Å². The van der Waals surface area contributed by atoms with E-state index >= 15 is 0 Å². The first kappa shape index (κ1) is 14.0. The van der Waals surface area contributed by atoms with Crippen molar-refractivity contribution in [1.29, 1.82) is 0 Å². The van der Waals surface area contributed by atoms with Gasteiger partial charge in [-0.3, -0.25) is 19.5 Å². The number of rotatable bonds is 4. The normalized spacial score (nSPS) is 11.0. The van der Waals surface area contributed by atoms with E-state index in [9.17, 15) is 14.9 Å². The topological polar surface area (TPSA) is 87.3 Å². The molecule has 0 aliphatic rings. The van der Waals surface area contributed by atoms with Crippen molar-refractivity contribution in [2.24, 2.45) is 0 Å². The Hall–Kier alpha value is -2.44. The second kappa shape index (κ2) is 5.28. The molecule has 0 radical (unpaired) electrons. The lowest BCUT2D eigenvalue weighted by Gasteiger charge is -2.15. The monoisotopic (exact) mass is 277 g/mol. The van der Waals surface area contributed by atoms with Gasteiger partial charge >= 0.3 is 0 Å². The average Bonchev–Trinajstić information content (AvgIpc) is 2.38. The summed E-state index contributed by atoms with van der Waals surface area (Å²) in [5.41, 5.74) is -0.0953. The van der Waals surface area contributed by atoms with E-state index in [2.05, 4.69) is 4.98 Å². The largest absolute Gasteiger partial charge is 0.465 e. The van der Waals surface area contributed by atoms with Gasteiger partial charge in [0, 0.05) is 18.2 Å². The Morgan fingerprint density at radius 2 is 2.15 bits per heavy atom. The van der Waals surface area contributed by atoms with Crippen molar-refractivity contribution in [1.82, 2.24) is 9.55 Å². The molecule has 0 aliphatic carbocycles. The number of hydrogen-bond acceptors (Lipinski definition) is 5. The third-order valence-corrected chi connectivity index (χ3v) is 2.85. The van der Waals surface area contributed by atoms with Crippen LogP contribution in [0.5, 0.6) is 6.01 Å². The highest BCUT2D eigenvalue weighted by atomic mass is 16.6. The maximum atomic E-state index is 12.4. The average molecular weight is 277 g/mol. The predicted octanol–water partition coefficient (Wildman–Crippen LogP) is 2.28. The Labute approximate surface area is 115 Å². The smallest absolute Gasteiger partial charge is 0.299 e. The quantitative estimate of drug-likeness (QED) is 0.632. The molecule has 2 rings (SSSR count). The molecule has 7 nitrogen and oxygen atoms in total. The number of ether oxygens (including phenoxy) is 1. The third kappa shape index (κ3) is 2.34. The Bertz CT molecular complexity index is 721. The van der Waals surface area contributed by atoms with E-state index in [0.717, 1.165) is 0 Å². The number of fused-ring (bicyclic) bond motifs is 1. The fraction of sp³-hybridized carbons (Fsp3) is 0.385. The van der Waals surface area contributed by atoms with Gasteiger partial charge in [-0.15, -0.1) is 0 Å². The summed E-state index contributed by atoms with van der Waals surface area (Å²) in [7, 11) is 0. The zero-order valence-corrected chi connectivity index (χ0v) is 11.5. The molecule has 0 fully saturated rings. The highest BCUT2D eigenvalue weighted by Crippen LogP contribution is 2.21. The van der Waals surface area contributed by atoms with Crippen LogP contribution in [-0.4, -0.2) is 21.1 Å². The number of aromatic nitrogens is 2. The van der Waals surface area contributed by atoms with Gasteiger partial charge in [-0.25, -0.2) is 0 Å². The van der Waals surface area contributed by atoms with E-state index in [1.165, 1.54) is 22.8 Å². The molecule has 0 bridgehead atoms. The van der Waals surface area contributed by atoms with Gasteiger partial charge in [0.15, 0.2) is 0 Å². The van der Waals surface area contributed by atoms with Crippen molar-refractivity contribution in [2.45, 2.75) is 26.8 Å². The Kier molecular flexibility index (Phi) is 3.69. The molecule has 7 heteroatoms. The summed E-state index contributed by atoms with van der Waals surface area (Å²) in [6.45, 7) is 5.85. The molecule has 20 heavy (non-hydrogen) atoms. The van der Waals surface area contributed by atoms with Gasteiger partial charge in [0.25, 0.3) is 17.3 Å². The van der Waals surface area contributed by atoms with Crippen LogP contribution in [0.25, 0.3) is 10.9 Å². The van der Waals surface area contributed by atoms with Crippen LogP contribution in [0.15, 0.2) is 23.0 Å². The summed E-state index contributed by atoms with van der Waals surface area (Å²) in [6.07, 6.45) is 0. The van der Waals surface area contributed by atoms with Crippen molar-refractivity contribution >= 4 is 16.6 Å². The summed E-state index contributed by atoms with van der Waals surface area (Å²) in [5, 5.41) is 11.1. The van der Waals surface area contributed by atoms with Crippen LogP contribution in [0.4, 0.5) is 5.69 Å². The first-order valence-corrected chi connectivity index (χ1v) is 6.29. The highest BCUT2D eigenvalue weighted by Gasteiger charge is 2.16. The van der Waals surface area contributed by atoms with Gasteiger partial charge in [-0.1, -0.05) is 0 Å². The third-order valence-electron chi connectivity index (χ3n) is 2.85. The lowest BCUT2D eigenvalue weighted by molar-refractivity contribution is -0.384. The fourth-order valence-corrected chi connectivity index (χ4v) is 1.97. The van der Waals surface area contributed by atoms with Gasteiger partial charge in [0.05, 0.1) is 22.4 Å². The van der Waals surface area contributed by atoms with Crippen LogP contribution < -0.4 is 10.3 Å². The number of nitrogens with zero attached hydrogens (tertiary/aromatic N) is 3. The second-order valence-corrected chi connectivity index (χ2v) is 4.55. The molecular formula is C13H15N3O4. The maximum Gasteiger partial charge on any atom is 0.299 e. The van der Waals surface area contributed by atoms with Crippen LogP contribution in [0.1, 0.15) is 26.8 Å². The molecule has 1 aromatic carbocycles. The number of hydrogen-bond donors (Lipinski definition) is 0. The molecule has 2 aromatic rings. The maximum absolute atomic E-state index is 12.4. The summed E-state index contributed by atoms with van der Waals surface area (Å²) in [5.74, 6) is 0. The van der Waals surface area contributed by atoms with Gasteiger partial charge in [0.1, 0.15) is 0 Å². The SMILES string of the molecule is CCOc1nc2cc([N+](=O)[O-])ccc2c(=O)n1C(C)C. The lowest BCUT2D eigenvalue weighted by Crippen LogP contribution is -2.25. The Morgan fingerprint density at radius 3 is 2.70 bits per heavy atom. The van der Waals surface area contributed by atoms with E-state index in [-0.39, 0.29) is 28.8 Å². The summed E-state index contributed by atoms with van der Waals surface area (Å²) < 4.78 is 6.81. The minimum Gasteiger partial charge on any atom is -0.465 e. The van der Waals surface area contributed by atoms with Crippen LogP contribution >= 0.6 is 0 Å². The highest BCUT2D eigenvalue weighted by molar-refractivity contribution is 5.80. The Morgan fingerprint density at radius 1 is 1.45 bits per heavy atom. The zero-order valence-electron chi connectivity index (χ0n) is 11.5. The minimum absolute atomic E-state index is 0.103. The van der Waals surface area contributed by atoms with Crippen molar-refractivity contribution in [3.05, 3.63) is 38.7 Å². The van der Waals surface area contributed by atoms with Gasteiger partial charge in [0.2, 0.25) is 0 Å². The van der Waals surface area contributed by atoms with Gasteiger partial charge in [-0.2, -0.15) is 4.98 Å². The van der Waals surface area contributed by atoms with E-state index in [0.29, 0.717) is 12.0 Å². The second-order valence-electron chi connectivity index (χ2n) is 4.55.